The second-order valence-electron chi connectivity index (χ2n) is 2.78. The van der Waals surface area contributed by atoms with Crippen LogP contribution in [0.5, 0.6) is 0 Å². The lowest BCUT2D eigenvalue weighted by Crippen LogP contribution is -2.40. The van der Waals surface area contributed by atoms with Gasteiger partial charge < -0.3 is 0 Å². The fraction of sp³-hybridized carbons (Fsp3) is 0.667. The van der Waals surface area contributed by atoms with Crippen LogP contribution in [0.25, 0.3) is 0 Å². The Kier molecular flexibility index (Phi) is 2.49. The molecule has 0 aromatic carbocycles. The molecule has 0 radical (unpaired) electrons. The maximum absolute atomic E-state index is 11.5. The highest BCUT2D eigenvalue weighted by Gasteiger charge is 2.52. The summed E-state index contributed by atoms with van der Waals surface area (Å²) in [6, 6.07) is -0.385. The molecule has 0 unspecified atom stereocenters. The van der Waals surface area contributed by atoms with Crippen LogP contribution in [-0.4, -0.2) is 25.3 Å². The number of carbonyl (C=O) groups excluding carboxylic acids is 2. The number of halogens is 2. The van der Waals surface area contributed by atoms with Crippen LogP contribution in [0, 0.1) is 0 Å². The van der Waals surface area contributed by atoms with E-state index in [1.807, 2.05) is 6.92 Å². The predicted molar refractivity (Wildman–Crippen MR) is 50.6 cm³/mol. The molecule has 0 bridgehead atoms. The molecule has 3 amide bonds. The zero-order valence-corrected chi connectivity index (χ0v) is 9.85. The van der Waals surface area contributed by atoms with Crippen LogP contribution >= 0.6 is 32.3 Å². The molecule has 0 N–H and O–H groups in total. The third-order valence-electron chi connectivity index (χ3n) is 2.10. The molecule has 4 nitrogen and oxygen atoms in total. The van der Waals surface area contributed by atoms with E-state index >= 15 is 0 Å². The molecule has 1 saturated heterocycles. The molecule has 1 aliphatic heterocycles. The van der Waals surface area contributed by atoms with Crippen LogP contribution in [0.2, 0.25) is 0 Å². The van der Waals surface area contributed by atoms with Gasteiger partial charge in [-0.3, -0.25) is 4.79 Å². The van der Waals surface area contributed by atoms with E-state index < -0.39 is 5.54 Å². The van der Waals surface area contributed by atoms with E-state index in [4.69, 9.17) is 0 Å². The van der Waals surface area contributed by atoms with Crippen LogP contribution in [0.15, 0.2) is 0 Å². The molecular formula is C6H8Br2N2O2. The number of carbonyl (C=O) groups is 2. The van der Waals surface area contributed by atoms with Crippen LogP contribution in [0.4, 0.5) is 4.79 Å². The quantitative estimate of drug-likeness (QED) is 0.549. The maximum Gasteiger partial charge on any atom is 0.348 e. The monoisotopic (exact) mass is 298 g/mol. The van der Waals surface area contributed by atoms with Gasteiger partial charge >= 0.3 is 6.03 Å². The average molecular weight is 300 g/mol. The molecule has 68 valence electrons. The van der Waals surface area contributed by atoms with Crippen molar-refractivity contribution in [1.82, 2.24) is 7.85 Å². The first-order valence-electron chi connectivity index (χ1n) is 3.45. The Bertz CT molecular complexity index is 246. The summed E-state index contributed by atoms with van der Waals surface area (Å²) in [5.74, 6) is -0.244. The molecule has 6 heteroatoms. The molecule has 1 aliphatic rings. The third-order valence-corrected chi connectivity index (χ3v) is 3.81. The van der Waals surface area contributed by atoms with E-state index in [-0.39, 0.29) is 11.9 Å². The SMILES string of the molecule is CC[C@@]1(C)C(=O)N(Br)C(=O)N1Br. The number of urea groups is 1. The van der Waals surface area contributed by atoms with Gasteiger partial charge in [-0.25, -0.2) is 8.72 Å². The van der Waals surface area contributed by atoms with E-state index in [0.29, 0.717) is 6.42 Å². The summed E-state index contributed by atoms with van der Waals surface area (Å²) < 4.78 is 2.20. The Labute approximate surface area is 87.6 Å². The topological polar surface area (TPSA) is 40.6 Å². The zero-order chi connectivity index (χ0) is 9.52. The van der Waals surface area contributed by atoms with E-state index in [1.165, 1.54) is 3.93 Å². The lowest BCUT2D eigenvalue weighted by atomic mass is 10.0. The minimum atomic E-state index is -0.763. The average Bonchev–Trinajstić information content (AvgIpc) is 2.22. The van der Waals surface area contributed by atoms with Crippen molar-refractivity contribution in [3.8, 4) is 0 Å². The summed E-state index contributed by atoms with van der Waals surface area (Å²) in [5, 5.41) is 0. The second kappa shape index (κ2) is 2.99. The molecule has 0 aromatic rings. The van der Waals surface area contributed by atoms with Crippen molar-refractivity contribution in [2.45, 2.75) is 25.8 Å². The van der Waals surface area contributed by atoms with Gasteiger partial charge in [0.25, 0.3) is 5.91 Å². The maximum atomic E-state index is 11.5. The summed E-state index contributed by atoms with van der Waals surface area (Å²) in [5.41, 5.74) is -0.763. The van der Waals surface area contributed by atoms with Gasteiger partial charge in [-0.15, -0.1) is 0 Å². The molecule has 0 spiro atoms. The van der Waals surface area contributed by atoms with E-state index in [1.54, 1.807) is 6.92 Å². The van der Waals surface area contributed by atoms with Crippen molar-refractivity contribution in [3.05, 3.63) is 0 Å². The van der Waals surface area contributed by atoms with Crippen molar-refractivity contribution < 1.29 is 9.59 Å². The Morgan fingerprint density at radius 2 is 1.92 bits per heavy atom. The Morgan fingerprint density at radius 3 is 2.08 bits per heavy atom. The largest absolute Gasteiger partial charge is 0.348 e. The number of hydrogen-bond donors (Lipinski definition) is 0. The summed E-state index contributed by atoms with van der Waals surface area (Å²) in [7, 11) is 0. The van der Waals surface area contributed by atoms with Crippen molar-refractivity contribution >= 4 is 44.2 Å². The third kappa shape index (κ3) is 1.08. The standard InChI is InChI=1S/C6H8Br2N2O2/c1-3-6(2)4(11)9(7)5(12)10(6)8/h3H2,1-2H3/t6-/m0/s1. The van der Waals surface area contributed by atoms with Gasteiger partial charge in [-0.1, -0.05) is 6.92 Å². The first-order chi connectivity index (χ1) is 5.45. The van der Waals surface area contributed by atoms with Crippen LogP contribution in [0.1, 0.15) is 20.3 Å². The molecule has 1 fully saturated rings. The Balaban J connectivity index is 3.06. The summed E-state index contributed by atoms with van der Waals surface area (Å²) >= 11 is 5.95. The van der Waals surface area contributed by atoms with E-state index in [0.717, 1.165) is 3.93 Å². The van der Waals surface area contributed by atoms with Crippen molar-refractivity contribution in [1.29, 1.82) is 0 Å². The van der Waals surface area contributed by atoms with E-state index in [2.05, 4.69) is 32.3 Å². The van der Waals surface area contributed by atoms with Gasteiger partial charge in [0.05, 0.1) is 32.3 Å². The van der Waals surface area contributed by atoms with Crippen molar-refractivity contribution in [3.63, 3.8) is 0 Å². The van der Waals surface area contributed by atoms with Gasteiger partial charge in [0.15, 0.2) is 0 Å². The second-order valence-corrected chi connectivity index (χ2v) is 4.20. The predicted octanol–water partition coefficient (Wildman–Crippen LogP) is 2.04. The highest BCUT2D eigenvalue weighted by molar-refractivity contribution is 9.08. The fourth-order valence-corrected chi connectivity index (χ4v) is 2.28. The number of rotatable bonds is 1. The van der Waals surface area contributed by atoms with Gasteiger partial charge in [0, 0.05) is 0 Å². The Morgan fingerprint density at radius 1 is 1.42 bits per heavy atom. The lowest BCUT2D eigenvalue weighted by molar-refractivity contribution is -0.127. The van der Waals surface area contributed by atoms with E-state index in [9.17, 15) is 9.59 Å². The van der Waals surface area contributed by atoms with Gasteiger partial charge in [-0.2, -0.15) is 3.93 Å². The normalized spacial score (nSPS) is 30.3. The molecule has 12 heavy (non-hydrogen) atoms. The number of nitrogens with zero attached hydrogens (tertiary/aromatic N) is 2. The molecular weight excluding hydrogens is 292 g/mol. The molecule has 0 saturated carbocycles. The van der Waals surface area contributed by atoms with Crippen molar-refractivity contribution in [2.75, 3.05) is 0 Å². The summed E-state index contributed by atoms with van der Waals surface area (Å²) in [6.45, 7) is 3.56. The molecule has 1 atom stereocenters. The molecule has 0 aromatic heterocycles. The fourth-order valence-electron chi connectivity index (χ4n) is 0.961. The molecule has 1 rings (SSSR count). The molecule has 1 heterocycles. The summed E-state index contributed by atoms with van der Waals surface area (Å²) in [6.07, 6.45) is 0.574. The van der Waals surface area contributed by atoms with Crippen LogP contribution < -0.4 is 0 Å². The zero-order valence-electron chi connectivity index (χ0n) is 6.67. The number of amides is 3. The minimum absolute atomic E-state index is 0.244. The van der Waals surface area contributed by atoms with Crippen LogP contribution in [-0.2, 0) is 4.79 Å². The highest BCUT2D eigenvalue weighted by atomic mass is 79.9. The first kappa shape index (κ1) is 9.98. The Hall–Kier alpha value is -0.100. The van der Waals surface area contributed by atoms with Crippen LogP contribution in [0.3, 0.4) is 0 Å². The lowest BCUT2D eigenvalue weighted by Gasteiger charge is -2.23. The number of hydrogen-bond acceptors (Lipinski definition) is 2. The van der Waals surface area contributed by atoms with Gasteiger partial charge in [0.2, 0.25) is 0 Å². The first-order valence-corrected chi connectivity index (χ1v) is 4.87. The molecule has 0 aliphatic carbocycles. The van der Waals surface area contributed by atoms with Gasteiger partial charge in [0.1, 0.15) is 5.54 Å². The number of imide groups is 1. The smallest absolute Gasteiger partial charge is 0.271 e. The summed E-state index contributed by atoms with van der Waals surface area (Å²) in [4.78, 5) is 22.7. The minimum Gasteiger partial charge on any atom is -0.271 e. The van der Waals surface area contributed by atoms with Crippen molar-refractivity contribution in [2.24, 2.45) is 0 Å². The highest BCUT2D eigenvalue weighted by Crippen LogP contribution is 2.34. The van der Waals surface area contributed by atoms with Gasteiger partial charge in [-0.05, 0) is 13.3 Å².